The summed E-state index contributed by atoms with van der Waals surface area (Å²) in [5.74, 6) is 1.24. The number of phenols is 1. The first-order valence-electron chi connectivity index (χ1n) is 9.02. The highest BCUT2D eigenvalue weighted by Crippen LogP contribution is 2.44. The van der Waals surface area contributed by atoms with E-state index in [4.69, 9.17) is 14.2 Å². The van der Waals surface area contributed by atoms with Crippen LogP contribution in [0.1, 0.15) is 23.6 Å². The lowest BCUT2D eigenvalue weighted by Gasteiger charge is -2.25. The first kappa shape index (κ1) is 18.7. The van der Waals surface area contributed by atoms with Crippen molar-refractivity contribution in [3.8, 4) is 28.7 Å². The zero-order chi connectivity index (χ0) is 20.5. The molecular formula is C21H21N3O5. The van der Waals surface area contributed by atoms with E-state index >= 15 is 0 Å². The van der Waals surface area contributed by atoms with Crippen molar-refractivity contribution in [2.24, 2.45) is 0 Å². The smallest absolute Gasteiger partial charge is 0.226 e. The standard InChI is InChI=1S/C21H21N3O5/c1-27-14-6-4-5-13(9-14)24-11-22-21-19(24)15(10-18(25)23-21)12-7-16(28-2)20(26)17(8-12)29-3/h4-9,11,15,26H,10H2,1-3H3,(H,23,25)/t15-/m0/s1. The quantitative estimate of drug-likeness (QED) is 0.689. The Morgan fingerprint density at radius 1 is 1.10 bits per heavy atom. The van der Waals surface area contributed by atoms with Gasteiger partial charge in [0.1, 0.15) is 12.1 Å². The first-order valence-corrected chi connectivity index (χ1v) is 9.02. The Bertz CT molecular complexity index is 1050. The van der Waals surface area contributed by atoms with E-state index in [-0.39, 0.29) is 35.5 Å². The van der Waals surface area contributed by atoms with Crippen molar-refractivity contribution in [2.75, 3.05) is 26.6 Å². The van der Waals surface area contributed by atoms with Gasteiger partial charge >= 0.3 is 0 Å². The molecule has 0 unspecified atom stereocenters. The summed E-state index contributed by atoms with van der Waals surface area (Å²) < 4.78 is 17.8. The van der Waals surface area contributed by atoms with E-state index in [1.54, 1.807) is 25.6 Å². The molecule has 0 aliphatic carbocycles. The zero-order valence-corrected chi connectivity index (χ0v) is 16.3. The van der Waals surface area contributed by atoms with Crippen LogP contribution in [0, 0.1) is 0 Å². The Labute approximate surface area is 167 Å². The number of anilines is 1. The van der Waals surface area contributed by atoms with Crippen LogP contribution in [0.3, 0.4) is 0 Å². The Kier molecular flexibility index (Phi) is 4.75. The van der Waals surface area contributed by atoms with Gasteiger partial charge in [0.15, 0.2) is 17.3 Å². The number of hydrogen-bond acceptors (Lipinski definition) is 6. The second-order valence-electron chi connectivity index (χ2n) is 6.63. The van der Waals surface area contributed by atoms with Gasteiger partial charge in [-0.3, -0.25) is 4.79 Å². The van der Waals surface area contributed by atoms with Gasteiger partial charge in [0, 0.05) is 18.4 Å². The molecule has 4 rings (SSSR count). The fourth-order valence-corrected chi connectivity index (χ4v) is 3.61. The van der Waals surface area contributed by atoms with E-state index < -0.39 is 0 Å². The number of fused-ring (bicyclic) bond motifs is 1. The van der Waals surface area contributed by atoms with Gasteiger partial charge in [-0.05, 0) is 29.8 Å². The van der Waals surface area contributed by atoms with Crippen LogP contribution in [-0.2, 0) is 4.79 Å². The summed E-state index contributed by atoms with van der Waals surface area (Å²) in [6.07, 6.45) is 1.90. The number of carbonyl (C=O) groups is 1. The first-order chi connectivity index (χ1) is 14.0. The van der Waals surface area contributed by atoms with Crippen LogP contribution in [-0.4, -0.2) is 41.9 Å². The van der Waals surface area contributed by atoms with Gasteiger partial charge in [-0.2, -0.15) is 0 Å². The molecule has 8 heteroatoms. The van der Waals surface area contributed by atoms with Crippen LogP contribution in [0.15, 0.2) is 42.7 Å². The minimum atomic E-state index is -0.309. The summed E-state index contributed by atoms with van der Waals surface area (Å²) in [4.78, 5) is 16.7. The molecule has 0 radical (unpaired) electrons. The van der Waals surface area contributed by atoms with Crippen LogP contribution in [0.5, 0.6) is 23.0 Å². The summed E-state index contributed by atoms with van der Waals surface area (Å²) in [5.41, 5.74) is 2.46. The number of amides is 1. The van der Waals surface area contributed by atoms with E-state index in [2.05, 4.69) is 10.3 Å². The van der Waals surface area contributed by atoms with Crippen molar-refractivity contribution in [3.05, 3.63) is 54.0 Å². The molecule has 2 aromatic carbocycles. The second kappa shape index (κ2) is 7.38. The molecule has 3 aromatic rings. The van der Waals surface area contributed by atoms with Crippen molar-refractivity contribution in [3.63, 3.8) is 0 Å². The van der Waals surface area contributed by atoms with Crippen LogP contribution in [0.4, 0.5) is 5.82 Å². The fraction of sp³-hybridized carbons (Fsp3) is 0.238. The summed E-state index contributed by atoms with van der Waals surface area (Å²) >= 11 is 0. The molecule has 0 saturated carbocycles. The van der Waals surface area contributed by atoms with Crippen molar-refractivity contribution >= 4 is 11.7 Å². The second-order valence-corrected chi connectivity index (χ2v) is 6.63. The third-order valence-corrected chi connectivity index (χ3v) is 5.02. The number of ether oxygens (including phenoxy) is 3. The highest BCUT2D eigenvalue weighted by molar-refractivity contribution is 5.94. The SMILES string of the molecule is COc1cccc(-n2cnc3c2[C@H](c2cc(OC)c(O)c(OC)c2)CC(=O)N3)c1. The Hall–Kier alpha value is -3.68. The Morgan fingerprint density at radius 3 is 2.48 bits per heavy atom. The number of benzene rings is 2. The number of phenolic OH excluding ortho intramolecular Hbond substituents is 1. The van der Waals surface area contributed by atoms with Crippen LogP contribution >= 0.6 is 0 Å². The molecule has 1 atom stereocenters. The third-order valence-electron chi connectivity index (χ3n) is 5.02. The average molecular weight is 395 g/mol. The number of imidazole rings is 1. The van der Waals surface area contributed by atoms with Gasteiger partial charge in [-0.1, -0.05) is 6.07 Å². The Balaban J connectivity index is 1.88. The van der Waals surface area contributed by atoms with E-state index in [0.29, 0.717) is 11.6 Å². The van der Waals surface area contributed by atoms with Gasteiger partial charge in [0.2, 0.25) is 11.7 Å². The molecule has 0 fully saturated rings. The van der Waals surface area contributed by atoms with Gasteiger partial charge < -0.3 is 29.2 Å². The number of hydrogen-bond donors (Lipinski definition) is 2. The summed E-state index contributed by atoms with van der Waals surface area (Å²) in [5, 5.41) is 13.1. The van der Waals surface area contributed by atoms with E-state index in [0.717, 1.165) is 16.9 Å². The number of nitrogens with zero attached hydrogens (tertiary/aromatic N) is 2. The highest BCUT2D eigenvalue weighted by atomic mass is 16.5. The number of methoxy groups -OCH3 is 3. The van der Waals surface area contributed by atoms with E-state index in [1.165, 1.54) is 14.2 Å². The average Bonchev–Trinajstić information content (AvgIpc) is 3.17. The lowest BCUT2D eigenvalue weighted by molar-refractivity contribution is -0.116. The van der Waals surface area contributed by atoms with Crippen molar-refractivity contribution < 1.29 is 24.1 Å². The predicted molar refractivity (Wildman–Crippen MR) is 106 cm³/mol. The lowest BCUT2D eigenvalue weighted by Crippen LogP contribution is -2.25. The van der Waals surface area contributed by atoms with Crippen LogP contribution in [0.25, 0.3) is 5.69 Å². The molecule has 1 aliphatic heterocycles. The monoisotopic (exact) mass is 395 g/mol. The van der Waals surface area contributed by atoms with Crippen LogP contribution in [0.2, 0.25) is 0 Å². The molecule has 0 spiro atoms. The summed E-state index contributed by atoms with van der Waals surface area (Å²) in [6, 6.07) is 11.0. The van der Waals surface area contributed by atoms with E-state index in [9.17, 15) is 9.90 Å². The minimum absolute atomic E-state index is 0.0828. The number of aromatic hydroxyl groups is 1. The molecule has 0 bridgehead atoms. The molecule has 150 valence electrons. The maximum atomic E-state index is 12.3. The molecule has 1 aliphatic rings. The third kappa shape index (κ3) is 3.22. The van der Waals surface area contributed by atoms with E-state index in [1.807, 2.05) is 28.8 Å². The topological polar surface area (TPSA) is 94.8 Å². The fourth-order valence-electron chi connectivity index (χ4n) is 3.61. The van der Waals surface area contributed by atoms with Gasteiger partial charge in [-0.15, -0.1) is 0 Å². The molecule has 1 aromatic heterocycles. The minimum Gasteiger partial charge on any atom is -0.502 e. The van der Waals surface area contributed by atoms with Gasteiger partial charge in [-0.25, -0.2) is 4.98 Å². The van der Waals surface area contributed by atoms with Crippen molar-refractivity contribution in [1.29, 1.82) is 0 Å². The number of nitrogens with one attached hydrogen (secondary N) is 1. The zero-order valence-electron chi connectivity index (χ0n) is 16.3. The van der Waals surface area contributed by atoms with Crippen molar-refractivity contribution in [1.82, 2.24) is 9.55 Å². The molecule has 8 nitrogen and oxygen atoms in total. The normalized spacial score (nSPS) is 15.4. The number of aromatic nitrogens is 2. The highest BCUT2D eigenvalue weighted by Gasteiger charge is 2.32. The summed E-state index contributed by atoms with van der Waals surface area (Å²) in [7, 11) is 4.55. The Morgan fingerprint density at radius 2 is 1.83 bits per heavy atom. The molecule has 2 N–H and O–H groups in total. The molecule has 0 saturated heterocycles. The number of rotatable bonds is 5. The lowest BCUT2D eigenvalue weighted by atomic mass is 9.89. The molecule has 2 heterocycles. The van der Waals surface area contributed by atoms with Gasteiger partial charge in [0.25, 0.3) is 0 Å². The molecular weight excluding hydrogens is 374 g/mol. The predicted octanol–water partition coefficient (Wildman–Crippen LogP) is 3.08. The van der Waals surface area contributed by atoms with Gasteiger partial charge in [0.05, 0.1) is 32.7 Å². The summed E-state index contributed by atoms with van der Waals surface area (Å²) in [6.45, 7) is 0. The maximum absolute atomic E-state index is 12.3. The van der Waals surface area contributed by atoms with Crippen molar-refractivity contribution in [2.45, 2.75) is 12.3 Å². The molecule has 1 amide bonds. The van der Waals surface area contributed by atoms with Crippen LogP contribution < -0.4 is 19.5 Å². The largest absolute Gasteiger partial charge is 0.502 e. The molecule has 29 heavy (non-hydrogen) atoms. The number of carbonyl (C=O) groups excluding carboxylic acids is 1. The maximum Gasteiger partial charge on any atom is 0.226 e.